The highest BCUT2D eigenvalue weighted by atomic mass is 16.3. The van der Waals surface area contributed by atoms with Crippen molar-refractivity contribution in [3.05, 3.63) is 66.3 Å². The smallest absolute Gasteiger partial charge is 0.131 e. The summed E-state index contributed by atoms with van der Waals surface area (Å²) in [5, 5.41) is 23.5. The Labute approximate surface area is 154 Å². The van der Waals surface area contributed by atoms with Crippen LogP contribution in [0.5, 0.6) is 0 Å². The van der Waals surface area contributed by atoms with Gasteiger partial charge in [-0.05, 0) is 57.9 Å². The highest BCUT2D eigenvalue weighted by molar-refractivity contribution is 5.89. The molecule has 0 saturated carbocycles. The maximum absolute atomic E-state index is 10.2. The molecule has 140 valence electrons. The van der Waals surface area contributed by atoms with Crippen molar-refractivity contribution in [3.63, 3.8) is 0 Å². The van der Waals surface area contributed by atoms with Crippen molar-refractivity contribution in [2.75, 3.05) is 5.32 Å². The quantitative estimate of drug-likeness (QED) is 0.430. The van der Waals surface area contributed by atoms with Crippen molar-refractivity contribution in [1.29, 1.82) is 5.41 Å². The van der Waals surface area contributed by atoms with E-state index in [9.17, 15) is 5.11 Å². The molecule has 0 heterocycles. The summed E-state index contributed by atoms with van der Waals surface area (Å²) in [5.74, 6) is 0. The second-order valence-corrected chi connectivity index (χ2v) is 6.33. The van der Waals surface area contributed by atoms with E-state index < -0.39 is 6.23 Å². The Morgan fingerprint density at radius 3 is 2.40 bits per heavy atom. The average Bonchev–Trinajstić information content (AvgIpc) is 2.56. The zero-order chi connectivity index (χ0) is 18.7. The number of anilines is 1. The summed E-state index contributed by atoms with van der Waals surface area (Å²) in [5.41, 5.74) is 2.57. The van der Waals surface area contributed by atoms with E-state index in [4.69, 9.17) is 5.41 Å². The van der Waals surface area contributed by atoms with Gasteiger partial charge in [-0.15, -0.1) is 0 Å². The van der Waals surface area contributed by atoms with Crippen LogP contribution in [0.3, 0.4) is 0 Å². The zero-order valence-electron chi connectivity index (χ0n) is 15.7. The van der Waals surface area contributed by atoms with Gasteiger partial charge in [-0.1, -0.05) is 42.5 Å². The highest BCUT2D eigenvalue weighted by Gasteiger charge is 2.12. The standard InChI is InChI=1S/C16H22N2O.C5H9N.2H2/c1-12(2)17-15-10-8-13(9-11-15)16(19)18-14-6-4-3-5-7-14;1-3-4-5(2)6;;/h3-6,8-12,14,16-19H,7H2,1-2H3;3-4,6H,1-2H3;2*1H/b;4-3-,6-5?;;. The first kappa shape index (κ1) is 20.9. The lowest BCUT2D eigenvalue weighted by Gasteiger charge is -2.20. The van der Waals surface area contributed by atoms with Gasteiger partial charge in [-0.3, -0.25) is 5.32 Å². The third-order valence-electron chi connectivity index (χ3n) is 3.45. The molecule has 4 nitrogen and oxygen atoms in total. The van der Waals surface area contributed by atoms with Crippen molar-refractivity contribution in [2.45, 2.75) is 52.4 Å². The molecule has 0 saturated heterocycles. The summed E-state index contributed by atoms with van der Waals surface area (Å²) in [6.45, 7) is 7.86. The lowest BCUT2D eigenvalue weighted by molar-refractivity contribution is 0.130. The molecule has 2 unspecified atom stereocenters. The molecule has 0 bridgehead atoms. The average molecular weight is 346 g/mol. The first-order valence-corrected chi connectivity index (χ1v) is 8.74. The lowest BCUT2D eigenvalue weighted by atomic mass is 10.1. The van der Waals surface area contributed by atoms with Gasteiger partial charge in [0.1, 0.15) is 6.23 Å². The van der Waals surface area contributed by atoms with Crippen LogP contribution in [-0.2, 0) is 0 Å². The number of aliphatic hydroxyl groups excluding tert-OH is 1. The SMILES string of the molecule is C/C=C\C(C)=N.CC(C)Nc1ccc(C(O)NC2C=CC=CC2)cc1.[HH].[HH]. The molecular weight excluding hydrogens is 310 g/mol. The fraction of sp³-hybridized carbons (Fsp3) is 0.381. The minimum Gasteiger partial charge on any atom is -0.383 e. The molecule has 1 aromatic carbocycles. The second kappa shape index (κ2) is 11.4. The number of rotatable bonds is 6. The van der Waals surface area contributed by atoms with Crippen LogP contribution in [0, 0.1) is 5.41 Å². The lowest BCUT2D eigenvalue weighted by Crippen LogP contribution is -2.31. The Morgan fingerprint density at radius 2 is 1.96 bits per heavy atom. The monoisotopic (exact) mass is 345 g/mol. The normalized spacial score (nSPS) is 17.3. The van der Waals surface area contributed by atoms with Gasteiger partial charge in [0.15, 0.2) is 0 Å². The van der Waals surface area contributed by atoms with E-state index in [1.54, 1.807) is 13.0 Å². The number of allylic oxidation sites excluding steroid dienone is 4. The predicted molar refractivity (Wildman–Crippen MR) is 112 cm³/mol. The molecule has 0 spiro atoms. The minimum absolute atomic E-state index is 0. The van der Waals surface area contributed by atoms with Crippen molar-refractivity contribution in [1.82, 2.24) is 5.32 Å². The van der Waals surface area contributed by atoms with Crippen LogP contribution in [0.1, 0.15) is 48.8 Å². The molecule has 2 rings (SSSR count). The fourth-order valence-electron chi connectivity index (χ4n) is 2.35. The van der Waals surface area contributed by atoms with Crippen LogP contribution in [-0.4, -0.2) is 22.9 Å². The molecule has 0 aliphatic heterocycles. The van der Waals surface area contributed by atoms with E-state index >= 15 is 0 Å². The fourth-order valence-corrected chi connectivity index (χ4v) is 2.35. The molecule has 1 aliphatic carbocycles. The van der Waals surface area contributed by atoms with Gasteiger partial charge in [-0.25, -0.2) is 0 Å². The topological polar surface area (TPSA) is 68.1 Å². The number of hydrogen-bond donors (Lipinski definition) is 4. The van der Waals surface area contributed by atoms with E-state index in [2.05, 4.69) is 36.6 Å². The molecule has 2 atom stereocenters. The summed E-state index contributed by atoms with van der Waals surface area (Å²) < 4.78 is 0. The summed E-state index contributed by atoms with van der Waals surface area (Å²) in [6.07, 6.45) is 12.1. The van der Waals surface area contributed by atoms with E-state index in [1.165, 1.54) is 0 Å². The molecule has 4 N–H and O–H groups in total. The Hall–Kier alpha value is -2.17. The van der Waals surface area contributed by atoms with E-state index in [-0.39, 0.29) is 8.90 Å². The maximum atomic E-state index is 10.2. The molecular formula is C21H35N3O. The van der Waals surface area contributed by atoms with Crippen molar-refractivity contribution in [3.8, 4) is 0 Å². The van der Waals surface area contributed by atoms with Gasteiger partial charge in [0.25, 0.3) is 0 Å². The van der Waals surface area contributed by atoms with E-state index in [1.807, 2.05) is 49.4 Å². The first-order valence-electron chi connectivity index (χ1n) is 8.74. The Kier molecular flexibility index (Phi) is 9.51. The molecule has 0 amide bonds. The van der Waals surface area contributed by atoms with Gasteiger partial charge in [-0.2, -0.15) is 0 Å². The third-order valence-corrected chi connectivity index (χ3v) is 3.45. The second-order valence-electron chi connectivity index (χ2n) is 6.33. The summed E-state index contributed by atoms with van der Waals surface area (Å²) in [7, 11) is 0. The number of nitrogens with one attached hydrogen (secondary N) is 3. The molecule has 0 fully saturated rings. The summed E-state index contributed by atoms with van der Waals surface area (Å²) >= 11 is 0. The van der Waals surface area contributed by atoms with Crippen LogP contribution in [0.15, 0.2) is 60.7 Å². The number of aliphatic hydroxyl groups is 1. The van der Waals surface area contributed by atoms with E-state index in [0.29, 0.717) is 11.8 Å². The minimum atomic E-state index is -0.630. The number of benzene rings is 1. The molecule has 25 heavy (non-hydrogen) atoms. The Morgan fingerprint density at radius 1 is 1.28 bits per heavy atom. The third kappa shape index (κ3) is 9.03. The van der Waals surface area contributed by atoms with Crippen molar-refractivity contribution < 1.29 is 7.96 Å². The first-order chi connectivity index (χ1) is 11.9. The van der Waals surface area contributed by atoms with Crippen LogP contribution in [0.25, 0.3) is 0 Å². The maximum Gasteiger partial charge on any atom is 0.131 e. The molecule has 0 aromatic heterocycles. The molecule has 1 aliphatic rings. The highest BCUT2D eigenvalue weighted by Crippen LogP contribution is 2.17. The zero-order valence-corrected chi connectivity index (χ0v) is 15.7. The van der Waals surface area contributed by atoms with Crippen LogP contribution >= 0.6 is 0 Å². The van der Waals surface area contributed by atoms with Crippen molar-refractivity contribution in [2.24, 2.45) is 0 Å². The van der Waals surface area contributed by atoms with Gasteiger partial charge in [0.2, 0.25) is 0 Å². The number of hydrogen-bond acceptors (Lipinski definition) is 4. The van der Waals surface area contributed by atoms with Gasteiger partial charge in [0.05, 0.1) is 0 Å². The summed E-state index contributed by atoms with van der Waals surface area (Å²) in [6, 6.07) is 8.50. The van der Waals surface area contributed by atoms with Crippen LogP contribution in [0.2, 0.25) is 0 Å². The Bertz CT molecular complexity index is 610. The Balaban J connectivity index is 0. The van der Waals surface area contributed by atoms with Gasteiger partial charge in [0, 0.05) is 26.3 Å². The van der Waals surface area contributed by atoms with Crippen molar-refractivity contribution >= 4 is 11.4 Å². The molecule has 1 aromatic rings. The molecule has 4 heteroatoms. The van der Waals surface area contributed by atoms with Crippen LogP contribution < -0.4 is 10.6 Å². The molecule has 0 radical (unpaired) electrons. The summed E-state index contributed by atoms with van der Waals surface area (Å²) in [4.78, 5) is 0. The van der Waals surface area contributed by atoms with E-state index in [0.717, 1.165) is 17.7 Å². The largest absolute Gasteiger partial charge is 0.383 e. The van der Waals surface area contributed by atoms with Gasteiger partial charge >= 0.3 is 0 Å². The van der Waals surface area contributed by atoms with Crippen LogP contribution in [0.4, 0.5) is 5.69 Å². The predicted octanol–water partition coefficient (Wildman–Crippen LogP) is 5.07. The van der Waals surface area contributed by atoms with Gasteiger partial charge < -0.3 is 15.8 Å².